The molecule has 0 saturated carbocycles. The van der Waals surface area contributed by atoms with Gasteiger partial charge >= 0.3 is 0 Å². The molecule has 7 heteroatoms. The predicted octanol–water partition coefficient (Wildman–Crippen LogP) is 2.11. The third kappa shape index (κ3) is 7.12. The van der Waals surface area contributed by atoms with Crippen LogP contribution in [0.25, 0.3) is 0 Å². The smallest absolute Gasteiger partial charge is 0.104 e. The molecule has 0 unspecified atom stereocenters. The van der Waals surface area contributed by atoms with Gasteiger partial charge in [-0.3, -0.25) is 0 Å². The van der Waals surface area contributed by atoms with Crippen LogP contribution in [0.3, 0.4) is 0 Å². The second-order valence-electron chi connectivity index (χ2n) is 1.39. The summed E-state index contributed by atoms with van der Waals surface area (Å²) < 4.78 is 6.09. The van der Waals surface area contributed by atoms with E-state index in [2.05, 4.69) is 48.5 Å². The van der Waals surface area contributed by atoms with Crippen LogP contribution >= 0.6 is 39.7 Å². The molecule has 0 aromatic carbocycles. The molecule has 0 aliphatic heterocycles. The van der Waals surface area contributed by atoms with Crippen molar-refractivity contribution >= 4 is 56.7 Å². The summed E-state index contributed by atoms with van der Waals surface area (Å²) >= 11 is 11.8. The number of imidazole rings is 1. The Kier molecular flexibility index (Phi) is 11.5. The Balaban J connectivity index is 0. The van der Waals surface area contributed by atoms with E-state index in [0.717, 1.165) is 4.60 Å². The quantitative estimate of drug-likeness (QED) is 0.683. The average molecular weight is 327 g/mol. The second-order valence-corrected chi connectivity index (χ2v) is 2.66. The molecule has 1 aromatic rings. The second kappa shape index (κ2) is 8.84. The minimum atomic E-state index is 0. The summed E-state index contributed by atoms with van der Waals surface area (Å²) in [6.07, 6.45) is 3.49. The molecule has 1 rings (SSSR count). The van der Waals surface area contributed by atoms with E-state index in [1.54, 1.807) is 12.5 Å². The minimum Gasteiger partial charge on any atom is -0.329 e. The molecule has 0 amide bonds. The molecule has 0 spiro atoms. The Morgan fingerprint density at radius 3 is 2.18 bits per heavy atom. The van der Waals surface area contributed by atoms with Gasteiger partial charge in [0.25, 0.3) is 0 Å². The number of hydrogen-bond acceptors (Lipinski definition) is 2. The zero-order chi connectivity index (χ0) is 7.98. The fraction of sp³-hybridized carbons (Fsp3) is 0.250. The van der Waals surface area contributed by atoms with Crippen LogP contribution in [-0.2, 0) is 10.9 Å². The maximum absolute atomic E-state index is 4.26. The van der Waals surface area contributed by atoms with Crippen LogP contribution in [0.1, 0.15) is 0 Å². The van der Waals surface area contributed by atoms with E-state index in [-0.39, 0.29) is 17.1 Å². The van der Waals surface area contributed by atoms with Gasteiger partial charge in [-0.2, -0.15) is 3.84 Å². The summed E-state index contributed by atoms with van der Waals surface area (Å²) in [6.45, 7) is 0. The Labute approximate surface area is 94.0 Å². The Morgan fingerprint density at radius 1 is 1.64 bits per heavy atom. The van der Waals surface area contributed by atoms with Gasteiger partial charge in [0, 0.05) is 24.1 Å². The van der Waals surface area contributed by atoms with E-state index >= 15 is 0 Å². The molecule has 0 atom stereocenters. The fourth-order valence-corrected chi connectivity index (χ4v) is 0.551. The molecular formula is C4H5BrCl2N2OSe. The third-order valence-electron chi connectivity index (χ3n) is 0.758. The Bertz CT molecular complexity index is 170. The summed E-state index contributed by atoms with van der Waals surface area (Å²) in [6, 6.07) is 0. The largest absolute Gasteiger partial charge is 0.329 e. The summed E-state index contributed by atoms with van der Waals surface area (Å²) in [7, 11) is 1.93. The molecule has 0 aliphatic rings. The number of hydrogen-bond donors (Lipinski definition) is 0. The van der Waals surface area contributed by atoms with Crippen molar-refractivity contribution in [1.29, 1.82) is 0 Å². The number of halogens is 3. The van der Waals surface area contributed by atoms with Gasteiger partial charge in [-0.25, -0.2) is 4.98 Å². The molecule has 1 heterocycles. The molecule has 3 nitrogen and oxygen atoms in total. The minimum absolute atomic E-state index is 0. The van der Waals surface area contributed by atoms with Gasteiger partial charge in [0.2, 0.25) is 0 Å². The molecule has 0 bridgehead atoms. The van der Waals surface area contributed by atoms with Gasteiger partial charge in [0.15, 0.2) is 0 Å². The van der Waals surface area contributed by atoms with Crippen LogP contribution in [0.15, 0.2) is 17.1 Å². The van der Waals surface area contributed by atoms with Crippen LogP contribution in [0.2, 0.25) is 0 Å². The molecule has 11 heavy (non-hydrogen) atoms. The molecule has 0 saturated heterocycles. The third-order valence-corrected chi connectivity index (χ3v) is 1.52. The molecule has 64 valence electrons. The van der Waals surface area contributed by atoms with Crippen LogP contribution in [-0.4, -0.2) is 26.6 Å². The van der Waals surface area contributed by atoms with E-state index in [4.69, 9.17) is 0 Å². The van der Waals surface area contributed by atoms with Crippen molar-refractivity contribution in [3.63, 3.8) is 0 Å². The van der Waals surface area contributed by atoms with E-state index in [0.29, 0.717) is 0 Å². The zero-order valence-corrected chi connectivity index (χ0v) is 10.3. The summed E-state index contributed by atoms with van der Waals surface area (Å²) in [5.41, 5.74) is 0. The maximum Gasteiger partial charge on any atom is 0.104 e. The van der Waals surface area contributed by atoms with Crippen molar-refractivity contribution in [1.82, 2.24) is 9.55 Å². The normalized spacial score (nSPS) is 7.64. The van der Waals surface area contributed by atoms with Crippen molar-refractivity contribution in [2.75, 3.05) is 0 Å². The fourth-order valence-electron chi connectivity index (χ4n) is 0.341. The first kappa shape index (κ1) is 14.3. The SMILES string of the molecule is ClOCl.Cn1cncc1Br.[Se]. The van der Waals surface area contributed by atoms with E-state index in [9.17, 15) is 0 Å². The first-order chi connectivity index (χ1) is 4.72. The number of nitrogens with zero attached hydrogens (tertiary/aromatic N) is 2. The molecule has 1 aromatic heterocycles. The van der Waals surface area contributed by atoms with E-state index < -0.39 is 0 Å². The first-order valence-electron chi connectivity index (χ1n) is 2.23. The Morgan fingerprint density at radius 2 is 2.09 bits per heavy atom. The van der Waals surface area contributed by atoms with Crippen LogP contribution in [0, 0.1) is 0 Å². The number of aryl methyl sites for hydroxylation is 1. The van der Waals surface area contributed by atoms with E-state index in [1.165, 1.54) is 0 Å². The summed E-state index contributed by atoms with van der Waals surface area (Å²) in [4.78, 5) is 3.84. The molecule has 0 N–H and O–H groups in total. The van der Waals surface area contributed by atoms with Crippen LogP contribution in [0.5, 0.6) is 0 Å². The van der Waals surface area contributed by atoms with E-state index in [1.807, 2.05) is 11.6 Å². The molecule has 0 aliphatic carbocycles. The van der Waals surface area contributed by atoms with Crippen LogP contribution < -0.4 is 0 Å². The van der Waals surface area contributed by atoms with Gasteiger partial charge in [-0.15, -0.1) is 0 Å². The van der Waals surface area contributed by atoms with Crippen molar-refractivity contribution in [3.05, 3.63) is 17.1 Å². The monoisotopic (exact) mass is 326 g/mol. The molecule has 2 radical (unpaired) electrons. The van der Waals surface area contributed by atoms with Gasteiger partial charge in [0.1, 0.15) is 4.60 Å². The topological polar surface area (TPSA) is 27.1 Å². The van der Waals surface area contributed by atoms with Gasteiger partial charge in [0.05, 0.1) is 36.3 Å². The standard InChI is InChI=1S/C4H5BrN2.Cl2O.Se/c1-7-3-6-2-4(7)5;1-3-2;/h2-3H,1H3;;. The molecule has 0 fully saturated rings. The van der Waals surface area contributed by atoms with Crippen molar-refractivity contribution in [2.24, 2.45) is 7.05 Å². The van der Waals surface area contributed by atoms with Crippen molar-refractivity contribution < 1.29 is 3.84 Å². The van der Waals surface area contributed by atoms with Crippen molar-refractivity contribution in [2.45, 2.75) is 0 Å². The van der Waals surface area contributed by atoms with Gasteiger partial charge < -0.3 is 4.57 Å². The molecular weight excluding hydrogens is 322 g/mol. The maximum atomic E-state index is 4.26. The number of rotatable bonds is 0. The predicted molar refractivity (Wildman–Crippen MR) is 49.5 cm³/mol. The van der Waals surface area contributed by atoms with Gasteiger partial charge in [-0.05, 0) is 15.9 Å². The average Bonchev–Trinajstić information content (AvgIpc) is 2.19. The van der Waals surface area contributed by atoms with Crippen molar-refractivity contribution in [3.8, 4) is 0 Å². The number of aromatic nitrogens is 2. The van der Waals surface area contributed by atoms with Crippen LogP contribution in [0.4, 0.5) is 0 Å². The van der Waals surface area contributed by atoms with Gasteiger partial charge in [-0.1, -0.05) is 0 Å². The summed E-state index contributed by atoms with van der Waals surface area (Å²) in [5, 5.41) is 0. The zero-order valence-electron chi connectivity index (χ0n) is 5.50. The first-order valence-corrected chi connectivity index (χ1v) is 3.64. The summed E-state index contributed by atoms with van der Waals surface area (Å²) in [5.74, 6) is 0. The Hall–Kier alpha value is 0.749.